The molecule has 0 radical (unpaired) electrons. The summed E-state index contributed by atoms with van der Waals surface area (Å²) in [5.41, 5.74) is 2.90. The predicted molar refractivity (Wildman–Crippen MR) is 91.2 cm³/mol. The van der Waals surface area contributed by atoms with Gasteiger partial charge in [0.15, 0.2) is 0 Å². The number of carbonyl (C=O) groups excluding carboxylic acids is 1. The van der Waals surface area contributed by atoms with Gasteiger partial charge < -0.3 is 5.32 Å². The summed E-state index contributed by atoms with van der Waals surface area (Å²) in [7, 11) is 0. The summed E-state index contributed by atoms with van der Waals surface area (Å²) >= 11 is 1.59. The van der Waals surface area contributed by atoms with Crippen LogP contribution in [0.25, 0.3) is 0 Å². The number of nitrogens with zero attached hydrogens (tertiary/aromatic N) is 1. The van der Waals surface area contributed by atoms with Gasteiger partial charge in [0.25, 0.3) is 0 Å². The third kappa shape index (κ3) is 3.92. The van der Waals surface area contributed by atoms with Crippen molar-refractivity contribution >= 4 is 17.7 Å². The fourth-order valence-corrected chi connectivity index (χ4v) is 3.90. The summed E-state index contributed by atoms with van der Waals surface area (Å²) in [6, 6.07) is 10.3. The average Bonchev–Trinajstić information content (AvgIpc) is 2.47. The quantitative estimate of drug-likeness (QED) is 0.889. The van der Waals surface area contributed by atoms with E-state index in [1.54, 1.807) is 11.8 Å². The molecule has 1 N–H and O–H groups in total. The molecule has 1 aromatic rings. The van der Waals surface area contributed by atoms with Gasteiger partial charge in [0.05, 0.1) is 16.7 Å². The molecular weight excluding hydrogens is 292 g/mol. The Balaban J connectivity index is 2.31. The van der Waals surface area contributed by atoms with Crippen LogP contribution in [-0.4, -0.2) is 11.7 Å². The Morgan fingerprint density at radius 1 is 1.41 bits per heavy atom. The molecule has 3 nitrogen and oxygen atoms in total. The maximum atomic E-state index is 12.1. The van der Waals surface area contributed by atoms with Gasteiger partial charge in [-0.05, 0) is 36.1 Å². The molecule has 0 saturated heterocycles. The van der Waals surface area contributed by atoms with E-state index in [1.807, 2.05) is 31.2 Å². The fraction of sp³-hybridized carbons (Fsp3) is 0.444. The van der Waals surface area contributed by atoms with Crippen LogP contribution in [0.15, 0.2) is 34.9 Å². The van der Waals surface area contributed by atoms with Crippen molar-refractivity contribution in [1.82, 2.24) is 5.32 Å². The zero-order valence-electron chi connectivity index (χ0n) is 13.3. The number of rotatable bonds is 5. The van der Waals surface area contributed by atoms with E-state index in [1.165, 1.54) is 0 Å². The van der Waals surface area contributed by atoms with E-state index in [0.29, 0.717) is 17.9 Å². The lowest BCUT2D eigenvalue weighted by molar-refractivity contribution is -0.120. The number of nitriles is 1. The molecule has 0 aliphatic carbocycles. The van der Waals surface area contributed by atoms with Crippen LogP contribution in [0.3, 0.4) is 0 Å². The Morgan fingerprint density at radius 2 is 2.14 bits per heavy atom. The topological polar surface area (TPSA) is 52.9 Å². The van der Waals surface area contributed by atoms with Crippen molar-refractivity contribution in [2.75, 3.05) is 5.75 Å². The normalized spacial score (nSPS) is 18.3. The second kappa shape index (κ2) is 7.51. The van der Waals surface area contributed by atoms with E-state index in [0.717, 1.165) is 28.3 Å². The van der Waals surface area contributed by atoms with Crippen LogP contribution in [0.2, 0.25) is 0 Å². The Labute approximate surface area is 136 Å². The van der Waals surface area contributed by atoms with E-state index in [4.69, 9.17) is 0 Å². The molecule has 0 bridgehead atoms. The minimum absolute atomic E-state index is 0.000648. The highest BCUT2D eigenvalue weighted by molar-refractivity contribution is 8.03. The SMILES string of the molecule is Cc1ccccc1[C@@H]1CC(=O)NC(SCCC(C)C)=C1C#N. The first kappa shape index (κ1) is 16.6. The van der Waals surface area contributed by atoms with Gasteiger partial charge >= 0.3 is 0 Å². The van der Waals surface area contributed by atoms with Crippen LogP contribution in [-0.2, 0) is 4.79 Å². The van der Waals surface area contributed by atoms with Gasteiger partial charge in [0.1, 0.15) is 0 Å². The third-order valence-electron chi connectivity index (χ3n) is 3.86. The molecule has 0 unspecified atom stereocenters. The molecule has 0 spiro atoms. The zero-order chi connectivity index (χ0) is 16.1. The molecule has 1 aliphatic rings. The molecule has 1 heterocycles. The van der Waals surface area contributed by atoms with Gasteiger partial charge in [-0.15, -0.1) is 11.8 Å². The lowest BCUT2D eigenvalue weighted by Crippen LogP contribution is -2.31. The van der Waals surface area contributed by atoms with Gasteiger partial charge in [0, 0.05) is 12.3 Å². The molecular formula is C18H22N2OS. The Bertz CT molecular complexity index is 628. The van der Waals surface area contributed by atoms with Crippen molar-refractivity contribution in [2.45, 2.75) is 39.5 Å². The summed E-state index contributed by atoms with van der Waals surface area (Å²) in [6.45, 7) is 6.38. The van der Waals surface area contributed by atoms with Crippen LogP contribution < -0.4 is 5.32 Å². The van der Waals surface area contributed by atoms with E-state index < -0.39 is 0 Å². The van der Waals surface area contributed by atoms with Gasteiger partial charge in [-0.2, -0.15) is 5.26 Å². The number of aryl methyl sites for hydroxylation is 1. The zero-order valence-corrected chi connectivity index (χ0v) is 14.2. The first-order valence-corrected chi connectivity index (χ1v) is 8.64. The highest BCUT2D eigenvalue weighted by Crippen LogP contribution is 2.37. The van der Waals surface area contributed by atoms with Crippen LogP contribution in [0.4, 0.5) is 0 Å². The van der Waals surface area contributed by atoms with Crippen LogP contribution in [0, 0.1) is 24.2 Å². The third-order valence-corrected chi connectivity index (χ3v) is 4.91. The summed E-state index contributed by atoms with van der Waals surface area (Å²) in [5.74, 6) is 1.41. The van der Waals surface area contributed by atoms with E-state index in [9.17, 15) is 10.1 Å². The summed E-state index contributed by atoms with van der Waals surface area (Å²) in [6.07, 6.45) is 1.42. The van der Waals surface area contributed by atoms with Crippen molar-refractivity contribution in [3.05, 3.63) is 46.0 Å². The number of hydrogen-bond acceptors (Lipinski definition) is 3. The number of hydrogen-bond donors (Lipinski definition) is 1. The molecule has 1 amide bonds. The van der Waals surface area contributed by atoms with Gasteiger partial charge in [-0.25, -0.2) is 0 Å². The van der Waals surface area contributed by atoms with Crippen LogP contribution in [0.5, 0.6) is 0 Å². The first-order chi connectivity index (χ1) is 10.5. The summed E-state index contributed by atoms with van der Waals surface area (Å²) < 4.78 is 0. The second-order valence-electron chi connectivity index (χ2n) is 6.05. The molecule has 1 aromatic carbocycles. The van der Waals surface area contributed by atoms with Crippen LogP contribution in [0.1, 0.15) is 43.7 Å². The minimum atomic E-state index is -0.124. The highest BCUT2D eigenvalue weighted by Gasteiger charge is 2.30. The number of allylic oxidation sites excluding steroid dienone is 1. The molecule has 116 valence electrons. The van der Waals surface area contributed by atoms with E-state index in [-0.39, 0.29) is 11.8 Å². The van der Waals surface area contributed by atoms with E-state index >= 15 is 0 Å². The fourth-order valence-electron chi connectivity index (χ4n) is 2.57. The molecule has 0 fully saturated rings. The molecule has 1 aliphatic heterocycles. The molecule has 22 heavy (non-hydrogen) atoms. The predicted octanol–water partition coefficient (Wildman–Crippen LogP) is 4.11. The highest BCUT2D eigenvalue weighted by atomic mass is 32.2. The molecule has 2 rings (SSSR count). The van der Waals surface area contributed by atoms with Gasteiger partial charge in [-0.3, -0.25) is 4.79 Å². The monoisotopic (exact) mass is 314 g/mol. The second-order valence-corrected chi connectivity index (χ2v) is 7.15. The Kier molecular flexibility index (Phi) is 5.68. The standard InChI is InChI=1S/C18H22N2OS/c1-12(2)8-9-22-18-16(11-19)15(10-17(21)20-18)14-7-5-4-6-13(14)3/h4-7,12,15H,8-10H2,1-3H3,(H,20,21)/t15-/m0/s1. The lowest BCUT2D eigenvalue weighted by Gasteiger charge is -2.26. The largest absolute Gasteiger partial charge is 0.320 e. The smallest absolute Gasteiger partial charge is 0.225 e. The number of nitrogens with one attached hydrogen (secondary N) is 1. The molecule has 0 saturated carbocycles. The van der Waals surface area contributed by atoms with Gasteiger partial charge in [-0.1, -0.05) is 38.1 Å². The average molecular weight is 314 g/mol. The lowest BCUT2D eigenvalue weighted by atomic mass is 9.85. The first-order valence-electron chi connectivity index (χ1n) is 7.65. The number of thioether (sulfide) groups is 1. The van der Waals surface area contributed by atoms with Crippen molar-refractivity contribution in [2.24, 2.45) is 5.92 Å². The molecule has 0 aromatic heterocycles. The maximum Gasteiger partial charge on any atom is 0.225 e. The van der Waals surface area contributed by atoms with Crippen molar-refractivity contribution in [1.29, 1.82) is 5.26 Å². The van der Waals surface area contributed by atoms with Crippen molar-refractivity contribution in [3.63, 3.8) is 0 Å². The van der Waals surface area contributed by atoms with Gasteiger partial charge in [0.2, 0.25) is 5.91 Å². The number of carbonyl (C=O) groups is 1. The van der Waals surface area contributed by atoms with Crippen molar-refractivity contribution in [3.8, 4) is 6.07 Å². The van der Waals surface area contributed by atoms with Crippen LogP contribution >= 0.6 is 11.8 Å². The summed E-state index contributed by atoms with van der Waals surface area (Å²) in [4.78, 5) is 12.1. The van der Waals surface area contributed by atoms with Crippen molar-refractivity contribution < 1.29 is 4.79 Å². The molecule has 1 atom stereocenters. The Hall–Kier alpha value is -1.73. The molecule has 4 heteroatoms. The van der Waals surface area contributed by atoms with E-state index in [2.05, 4.69) is 25.2 Å². The minimum Gasteiger partial charge on any atom is -0.320 e. The Morgan fingerprint density at radius 3 is 2.77 bits per heavy atom. The number of benzene rings is 1. The number of amides is 1. The summed E-state index contributed by atoms with van der Waals surface area (Å²) in [5, 5.41) is 13.2. The maximum absolute atomic E-state index is 12.1.